The number of piperidine rings is 3. The predicted octanol–water partition coefficient (Wildman–Crippen LogP) is 10.4. The van der Waals surface area contributed by atoms with Crippen molar-refractivity contribution in [2.24, 2.45) is 0 Å². The smallest absolute Gasteiger partial charge is 0.246 e. The predicted molar refractivity (Wildman–Crippen MR) is 308 cm³/mol. The highest BCUT2D eigenvalue weighted by Gasteiger charge is 2.35. The van der Waals surface area contributed by atoms with E-state index in [0.717, 1.165) is 45.2 Å². The second-order valence-corrected chi connectivity index (χ2v) is 21.8. The number of carbonyl (C=O) groups is 3. The molecule has 410 valence electrons. The van der Waals surface area contributed by atoms with Gasteiger partial charge in [-0.15, -0.1) is 0 Å². The molecule has 0 spiro atoms. The van der Waals surface area contributed by atoms with E-state index in [2.05, 4.69) is 41.9 Å². The quantitative estimate of drug-likeness (QED) is 0.0814. The number of nitrogens with one attached hydrogen (secondary N) is 1. The van der Waals surface area contributed by atoms with Crippen LogP contribution >= 0.6 is 0 Å². The largest absolute Gasteiger partial charge is 0.496 e. The Morgan fingerprint density at radius 3 is 1.95 bits per heavy atom. The molecule has 0 saturated carbocycles. The summed E-state index contributed by atoms with van der Waals surface area (Å²) in [7, 11) is -0.483. The summed E-state index contributed by atoms with van der Waals surface area (Å²) >= 11 is 0. The first-order valence-electron chi connectivity index (χ1n) is 26.6. The molecule has 9 rings (SSSR count). The average Bonchev–Trinajstić information content (AvgIpc) is 3.49. The van der Waals surface area contributed by atoms with E-state index < -0.39 is 10.0 Å². The van der Waals surface area contributed by atoms with Crippen LogP contribution in [0.1, 0.15) is 54.7 Å². The van der Waals surface area contributed by atoms with Crippen LogP contribution < -0.4 is 28.4 Å². The number of ether oxygens (including phenoxy) is 5. The maximum absolute atomic E-state index is 14.6. The van der Waals surface area contributed by atoms with Crippen molar-refractivity contribution in [2.45, 2.75) is 63.3 Å². The van der Waals surface area contributed by atoms with Gasteiger partial charge in [0.25, 0.3) is 0 Å². The van der Waals surface area contributed by atoms with Crippen LogP contribution in [0, 0.1) is 6.92 Å². The molecule has 3 amide bonds. The van der Waals surface area contributed by atoms with Crippen molar-refractivity contribution in [3.8, 4) is 62.3 Å². The molecule has 0 aliphatic carbocycles. The van der Waals surface area contributed by atoms with Gasteiger partial charge in [0.05, 0.1) is 26.2 Å². The summed E-state index contributed by atoms with van der Waals surface area (Å²) in [5.41, 5.74) is 8.12. The molecule has 16 heteroatoms. The van der Waals surface area contributed by atoms with Gasteiger partial charge in [0.15, 0.2) is 0 Å². The summed E-state index contributed by atoms with van der Waals surface area (Å²) in [5, 5.41) is 0. The molecule has 6 aromatic rings. The number of nitrogens with zero attached hydrogens (tertiary/aromatic N) is 4. The highest BCUT2D eigenvalue weighted by Crippen LogP contribution is 2.41. The molecule has 3 saturated heterocycles. The molecule has 0 radical (unpaired) electrons. The lowest BCUT2D eigenvalue weighted by Gasteiger charge is -2.38. The number of likely N-dealkylation sites (tertiary alicyclic amines) is 3. The Hall–Kier alpha value is -8.37. The number of carbonyl (C=O) groups excluding carboxylic acids is 3. The molecular weight excluding hydrogens is 1020 g/mol. The first kappa shape index (κ1) is 55.4. The van der Waals surface area contributed by atoms with Gasteiger partial charge in [-0.05, 0) is 119 Å². The van der Waals surface area contributed by atoms with Gasteiger partial charge in [0.2, 0.25) is 33.6 Å². The fourth-order valence-corrected chi connectivity index (χ4v) is 11.3. The van der Waals surface area contributed by atoms with Crippen LogP contribution in [0.15, 0.2) is 153 Å². The lowest BCUT2D eigenvalue weighted by molar-refractivity contribution is -0.128. The number of methoxy groups -OCH3 is 2. The number of rotatable bonds is 18. The Labute approximate surface area is 463 Å². The highest BCUT2D eigenvalue weighted by molar-refractivity contribution is 7.92. The lowest BCUT2D eigenvalue weighted by Crippen LogP contribution is -2.46. The molecule has 15 nitrogen and oxygen atoms in total. The number of pyridine rings is 1. The van der Waals surface area contributed by atoms with Crippen LogP contribution in [0.3, 0.4) is 0 Å². The standard InChI is InChI=1S/C63H67N5O10S/c1-7-60(69)66-30-24-48(25-31-66)76-51-21-18-43(56(40-51)53-16-10-9-13-42(53)3)20-23-62(71)68-34-28-58(78-50-15-11-14-44(36-50)55-17-12-29-64-63(55)75-5)57(41-68)45-19-22-54(59(38-45)74-4)46-35-47(65-79(6,72)73)39-52(37-46)77-49-26-32-67(33-27-49)61(70)8-2/h7-23,29,35-40,48-49,57-58,65H,1-2,24-28,30-34,41H2,3-6H3/b23-20+. The second-order valence-electron chi connectivity index (χ2n) is 20.1. The number of benzene rings is 5. The van der Waals surface area contributed by atoms with E-state index in [1.165, 1.54) is 12.2 Å². The lowest BCUT2D eigenvalue weighted by atomic mass is 9.86. The van der Waals surface area contributed by atoms with Crippen molar-refractivity contribution in [1.82, 2.24) is 19.7 Å². The number of hydrogen-bond acceptors (Lipinski definition) is 11. The zero-order valence-corrected chi connectivity index (χ0v) is 46.0. The van der Waals surface area contributed by atoms with Crippen molar-refractivity contribution in [2.75, 3.05) is 64.5 Å². The second kappa shape index (κ2) is 25.0. The number of aryl methyl sites for hydroxylation is 1. The molecule has 3 fully saturated rings. The van der Waals surface area contributed by atoms with E-state index in [1.807, 2.05) is 102 Å². The molecule has 3 aliphatic heterocycles. The van der Waals surface area contributed by atoms with Crippen molar-refractivity contribution >= 4 is 39.5 Å². The number of anilines is 1. The molecular formula is C63H67N5O10S. The van der Waals surface area contributed by atoms with E-state index >= 15 is 0 Å². The van der Waals surface area contributed by atoms with E-state index in [-0.39, 0.29) is 42.0 Å². The maximum atomic E-state index is 14.6. The Balaban J connectivity index is 1.01. The van der Waals surface area contributed by atoms with E-state index in [1.54, 1.807) is 48.4 Å². The van der Waals surface area contributed by atoms with Crippen LogP contribution in [0.2, 0.25) is 0 Å². The van der Waals surface area contributed by atoms with Crippen LogP contribution in [0.5, 0.6) is 28.9 Å². The molecule has 2 unspecified atom stereocenters. The van der Waals surface area contributed by atoms with Crippen LogP contribution in [0.25, 0.3) is 39.5 Å². The molecule has 79 heavy (non-hydrogen) atoms. The van der Waals surface area contributed by atoms with Gasteiger partial charge in [0.1, 0.15) is 41.3 Å². The van der Waals surface area contributed by atoms with E-state index in [4.69, 9.17) is 23.7 Å². The minimum absolute atomic E-state index is 0.0501. The third-order valence-corrected chi connectivity index (χ3v) is 15.4. The SMILES string of the molecule is C=CC(=O)N1CCC(Oc2cc(NS(C)(=O)=O)cc(-c3ccc(C4CN(C(=O)/C=C/c5ccc(OC6CCN(C(=O)C=C)CC6)cc5-c5ccccc5C)CCC4Oc4cccc(-c5cccnc5OC)c4)cc3OC)c2)CC1. The first-order valence-corrected chi connectivity index (χ1v) is 28.5. The third kappa shape index (κ3) is 13.7. The number of sulfonamides is 1. The van der Waals surface area contributed by atoms with Crippen molar-refractivity contribution in [3.05, 3.63) is 170 Å². The van der Waals surface area contributed by atoms with Gasteiger partial charge in [-0.2, -0.15) is 0 Å². The third-order valence-electron chi connectivity index (χ3n) is 14.8. The summed E-state index contributed by atoms with van der Waals surface area (Å²) in [6.45, 7) is 12.3. The van der Waals surface area contributed by atoms with E-state index in [9.17, 15) is 22.8 Å². The number of aromatic nitrogens is 1. The summed E-state index contributed by atoms with van der Waals surface area (Å²) < 4.78 is 59.5. The summed E-state index contributed by atoms with van der Waals surface area (Å²) in [5.74, 6) is 2.16. The highest BCUT2D eigenvalue weighted by atomic mass is 32.2. The summed E-state index contributed by atoms with van der Waals surface area (Å²) in [6, 6.07) is 36.9. The summed E-state index contributed by atoms with van der Waals surface area (Å²) in [6.07, 6.45) is 11.4. The molecule has 0 bridgehead atoms. The van der Waals surface area contributed by atoms with Gasteiger partial charge in [-0.3, -0.25) is 19.1 Å². The fraction of sp³-hybridized carbons (Fsp3) is 0.302. The topological polar surface area (TPSA) is 166 Å². The van der Waals surface area contributed by atoms with Gasteiger partial charge in [-0.1, -0.05) is 67.8 Å². The molecule has 2 atom stereocenters. The zero-order chi connectivity index (χ0) is 55.6. The molecule has 3 aliphatic rings. The Morgan fingerprint density at radius 1 is 0.620 bits per heavy atom. The van der Waals surface area contributed by atoms with Crippen molar-refractivity contribution < 1.29 is 46.5 Å². The first-order chi connectivity index (χ1) is 38.2. The Morgan fingerprint density at radius 2 is 1.28 bits per heavy atom. The molecule has 1 N–H and O–H groups in total. The monoisotopic (exact) mass is 1090 g/mol. The van der Waals surface area contributed by atoms with Gasteiger partial charge < -0.3 is 38.4 Å². The fourth-order valence-electron chi connectivity index (χ4n) is 10.7. The van der Waals surface area contributed by atoms with Crippen molar-refractivity contribution in [3.63, 3.8) is 0 Å². The van der Waals surface area contributed by atoms with Crippen molar-refractivity contribution in [1.29, 1.82) is 0 Å². The minimum atomic E-state index is -3.66. The normalized spacial score (nSPS) is 17.2. The summed E-state index contributed by atoms with van der Waals surface area (Å²) in [4.78, 5) is 48.9. The van der Waals surface area contributed by atoms with Gasteiger partial charge in [0, 0.05) is 107 Å². The number of hydrogen-bond donors (Lipinski definition) is 1. The molecule has 4 heterocycles. The minimum Gasteiger partial charge on any atom is -0.496 e. The maximum Gasteiger partial charge on any atom is 0.246 e. The van der Waals surface area contributed by atoms with Crippen LogP contribution in [0.4, 0.5) is 5.69 Å². The number of amides is 3. The Kier molecular flexibility index (Phi) is 17.5. The van der Waals surface area contributed by atoms with Crippen LogP contribution in [-0.4, -0.2) is 124 Å². The van der Waals surface area contributed by atoms with Gasteiger partial charge in [-0.25, -0.2) is 13.4 Å². The zero-order valence-electron chi connectivity index (χ0n) is 45.1. The van der Waals surface area contributed by atoms with Crippen LogP contribution in [-0.2, 0) is 24.4 Å². The Bertz CT molecular complexity index is 3360. The van der Waals surface area contributed by atoms with Gasteiger partial charge >= 0.3 is 0 Å². The molecule has 5 aromatic carbocycles. The molecule has 1 aromatic heterocycles. The van der Waals surface area contributed by atoms with E-state index in [0.29, 0.717) is 117 Å². The average molecular weight is 1090 g/mol.